The molecule has 1 aliphatic heterocycles. The van der Waals surface area contributed by atoms with Crippen molar-refractivity contribution in [3.8, 4) is 0 Å². The van der Waals surface area contributed by atoms with Crippen molar-refractivity contribution in [2.24, 2.45) is 0 Å². The Balaban J connectivity index is 1.93. The largest absolute Gasteiger partial charge is 0.330 e. The number of rotatable bonds is 5. The first-order valence-corrected chi connectivity index (χ1v) is 10.3. The molecule has 0 spiro atoms. The first-order chi connectivity index (χ1) is 12.3. The number of carbonyl (C=O) groups is 1. The molecule has 1 saturated heterocycles. The van der Waals surface area contributed by atoms with E-state index in [1.165, 1.54) is 18.2 Å². The molecule has 1 amide bonds. The lowest BCUT2D eigenvalue weighted by atomic mass is 10.1. The summed E-state index contributed by atoms with van der Waals surface area (Å²) in [7, 11) is -3.71. The van der Waals surface area contributed by atoms with Gasteiger partial charge in [-0.3, -0.25) is 9.89 Å². The summed E-state index contributed by atoms with van der Waals surface area (Å²) in [5, 5.41) is 7.08. The Bertz CT molecular complexity index is 897. The molecule has 140 valence electrons. The van der Waals surface area contributed by atoms with E-state index in [-0.39, 0.29) is 33.5 Å². The second kappa shape index (κ2) is 7.38. The van der Waals surface area contributed by atoms with Crippen LogP contribution in [0.15, 0.2) is 35.4 Å². The lowest BCUT2D eigenvalue weighted by Gasteiger charge is -2.24. The number of halogens is 1. The third kappa shape index (κ3) is 3.77. The van der Waals surface area contributed by atoms with Gasteiger partial charge in [-0.05, 0) is 51.0 Å². The van der Waals surface area contributed by atoms with E-state index in [0.717, 1.165) is 18.5 Å². The van der Waals surface area contributed by atoms with Crippen LogP contribution in [0.25, 0.3) is 0 Å². The highest BCUT2D eigenvalue weighted by molar-refractivity contribution is 7.89. The van der Waals surface area contributed by atoms with Gasteiger partial charge in [0, 0.05) is 18.8 Å². The van der Waals surface area contributed by atoms with Gasteiger partial charge in [-0.1, -0.05) is 11.6 Å². The van der Waals surface area contributed by atoms with Crippen molar-refractivity contribution in [3.63, 3.8) is 0 Å². The molecule has 0 aliphatic carbocycles. The van der Waals surface area contributed by atoms with Crippen molar-refractivity contribution in [1.29, 1.82) is 0 Å². The third-order valence-corrected chi connectivity index (χ3v) is 6.25. The van der Waals surface area contributed by atoms with Crippen LogP contribution in [0.5, 0.6) is 0 Å². The number of aromatic amines is 1. The maximum absolute atomic E-state index is 13.1. The summed E-state index contributed by atoms with van der Waals surface area (Å²) in [5.41, 5.74) is 1.04. The molecule has 0 saturated carbocycles. The Kier molecular flexibility index (Phi) is 5.36. The van der Waals surface area contributed by atoms with Crippen LogP contribution in [-0.2, 0) is 10.0 Å². The van der Waals surface area contributed by atoms with Gasteiger partial charge in [-0.25, -0.2) is 13.1 Å². The molecule has 2 N–H and O–H groups in total. The SMILES string of the molecule is CC(C)NS(=O)(=O)c1ccc(Cl)c(C(=O)N2CCCC2c2ccn[nH]2)c1. The molecular formula is C17H21ClN4O3S. The van der Waals surface area contributed by atoms with Crippen molar-refractivity contribution >= 4 is 27.5 Å². The number of H-pyrrole nitrogens is 1. The summed E-state index contributed by atoms with van der Waals surface area (Å²) in [6.07, 6.45) is 3.33. The zero-order valence-corrected chi connectivity index (χ0v) is 16.1. The molecule has 2 aromatic rings. The van der Waals surface area contributed by atoms with E-state index in [4.69, 9.17) is 11.6 Å². The number of benzene rings is 1. The van der Waals surface area contributed by atoms with Crippen molar-refractivity contribution in [2.75, 3.05) is 6.54 Å². The molecule has 7 nitrogen and oxygen atoms in total. The number of nitrogens with one attached hydrogen (secondary N) is 2. The quantitative estimate of drug-likeness (QED) is 0.812. The minimum Gasteiger partial charge on any atom is -0.330 e. The maximum atomic E-state index is 13.1. The number of hydrogen-bond acceptors (Lipinski definition) is 4. The Morgan fingerprint density at radius 3 is 2.81 bits per heavy atom. The average molecular weight is 397 g/mol. The smallest absolute Gasteiger partial charge is 0.255 e. The molecule has 3 rings (SSSR count). The van der Waals surface area contributed by atoms with Crippen LogP contribution in [0.1, 0.15) is 48.8 Å². The monoisotopic (exact) mass is 396 g/mol. The normalized spacial score (nSPS) is 17.8. The van der Waals surface area contributed by atoms with E-state index >= 15 is 0 Å². The first-order valence-electron chi connectivity index (χ1n) is 8.41. The summed E-state index contributed by atoms with van der Waals surface area (Å²) < 4.78 is 27.3. The maximum Gasteiger partial charge on any atom is 0.255 e. The van der Waals surface area contributed by atoms with Crippen molar-refractivity contribution in [1.82, 2.24) is 19.8 Å². The molecule has 9 heteroatoms. The number of amides is 1. The molecule has 1 aromatic heterocycles. The lowest BCUT2D eigenvalue weighted by molar-refractivity contribution is 0.0733. The Hall–Kier alpha value is -1.90. The second-order valence-corrected chi connectivity index (χ2v) is 8.71. The van der Waals surface area contributed by atoms with Crippen LogP contribution in [-0.4, -0.2) is 42.0 Å². The summed E-state index contributed by atoms with van der Waals surface area (Å²) in [5.74, 6) is -0.284. The number of nitrogens with zero attached hydrogens (tertiary/aromatic N) is 2. The van der Waals surface area contributed by atoms with E-state index in [1.807, 2.05) is 6.07 Å². The number of carbonyl (C=O) groups excluding carboxylic acids is 1. The first kappa shape index (κ1) is 18.9. The highest BCUT2D eigenvalue weighted by Gasteiger charge is 2.33. The second-order valence-electron chi connectivity index (χ2n) is 6.59. The number of hydrogen-bond donors (Lipinski definition) is 2. The fraction of sp³-hybridized carbons (Fsp3) is 0.412. The third-order valence-electron chi connectivity index (χ3n) is 4.26. The minimum absolute atomic E-state index is 0.0243. The lowest BCUT2D eigenvalue weighted by Crippen LogP contribution is -2.32. The molecule has 1 unspecified atom stereocenters. The zero-order valence-electron chi connectivity index (χ0n) is 14.6. The molecule has 1 atom stereocenters. The van der Waals surface area contributed by atoms with Crippen LogP contribution in [0.2, 0.25) is 5.02 Å². The summed E-state index contributed by atoms with van der Waals surface area (Å²) in [6, 6.07) is 5.67. The van der Waals surface area contributed by atoms with Crippen LogP contribution in [0.3, 0.4) is 0 Å². The number of sulfonamides is 1. The van der Waals surface area contributed by atoms with Gasteiger partial charge in [0.15, 0.2) is 0 Å². The summed E-state index contributed by atoms with van der Waals surface area (Å²) in [6.45, 7) is 4.05. The Labute approximate surface area is 157 Å². The summed E-state index contributed by atoms with van der Waals surface area (Å²) >= 11 is 6.22. The topological polar surface area (TPSA) is 95.2 Å². The van der Waals surface area contributed by atoms with Gasteiger partial charge >= 0.3 is 0 Å². The van der Waals surface area contributed by atoms with Crippen LogP contribution < -0.4 is 4.72 Å². The molecule has 2 heterocycles. The van der Waals surface area contributed by atoms with Gasteiger partial charge in [0.2, 0.25) is 10.0 Å². The summed E-state index contributed by atoms with van der Waals surface area (Å²) in [4.78, 5) is 14.8. The minimum atomic E-state index is -3.71. The predicted molar refractivity (Wildman–Crippen MR) is 98.5 cm³/mol. The molecule has 26 heavy (non-hydrogen) atoms. The standard InChI is InChI=1S/C17H21ClN4O3S/c1-11(2)21-26(24,25)12-5-6-14(18)13(10-12)17(23)22-9-3-4-16(22)15-7-8-19-20-15/h5-8,10-11,16,21H,3-4,9H2,1-2H3,(H,19,20). The highest BCUT2D eigenvalue weighted by Crippen LogP contribution is 2.33. The van der Waals surface area contributed by atoms with Gasteiger partial charge in [-0.2, -0.15) is 5.10 Å². The van der Waals surface area contributed by atoms with Crippen molar-refractivity contribution in [3.05, 3.63) is 46.7 Å². The Morgan fingerprint density at radius 1 is 1.38 bits per heavy atom. The molecule has 0 radical (unpaired) electrons. The molecule has 1 aromatic carbocycles. The van der Waals surface area contributed by atoms with E-state index in [9.17, 15) is 13.2 Å². The zero-order chi connectivity index (χ0) is 18.9. The number of aromatic nitrogens is 2. The van der Waals surface area contributed by atoms with Gasteiger partial charge in [0.25, 0.3) is 5.91 Å². The molecule has 1 aliphatic rings. The van der Waals surface area contributed by atoms with E-state index in [1.54, 1.807) is 24.9 Å². The van der Waals surface area contributed by atoms with E-state index in [2.05, 4.69) is 14.9 Å². The average Bonchev–Trinajstić information content (AvgIpc) is 3.24. The fourth-order valence-corrected chi connectivity index (χ4v) is 4.63. The van der Waals surface area contributed by atoms with Crippen LogP contribution in [0.4, 0.5) is 0 Å². The van der Waals surface area contributed by atoms with E-state index in [0.29, 0.717) is 6.54 Å². The van der Waals surface area contributed by atoms with Gasteiger partial charge < -0.3 is 4.90 Å². The van der Waals surface area contributed by atoms with Crippen molar-refractivity contribution in [2.45, 2.75) is 43.7 Å². The van der Waals surface area contributed by atoms with Gasteiger partial charge in [0.05, 0.1) is 27.2 Å². The highest BCUT2D eigenvalue weighted by atomic mass is 35.5. The van der Waals surface area contributed by atoms with Crippen molar-refractivity contribution < 1.29 is 13.2 Å². The molecule has 0 bridgehead atoms. The predicted octanol–water partition coefficient (Wildman–Crippen LogP) is 2.73. The van der Waals surface area contributed by atoms with E-state index < -0.39 is 10.0 Å². The number of likely N-dealkylation sites (tertiary alicyclic amines) is 1. The van der Waals surface area contributed by atoms with Gasteiger partial charge in [-0.15, -0.1) is 0 Å². The molecule has 1 fully saturated rings. The Morgan fingerprint density at radius 2 is 2.15 bits per heavy atom. The molecular weight excluding hydrogens is 376 g/mol. The van der Waals surface area contributed by atoms with Crippen LogP contribution in [0, 0.1) is 0 Å². The van der Waals surface area contributed by atoms with Crippen LogP contribution >= 0.6 is 11.6 Å². The fourth-order valence-electron chi connectivity index (χ4n) is 3.15. The van der Waals surface area contributed by atoms with Gasteiger partial charge in [0.1, 0.15) is 0 Å².